The number of hydrogen-bond donors (Lipinski definition) is 0. The highest BCUT2D eigenvalue weighted by Gasteiger charge is 2.35. The molecule has 2 aliphatic rings. The molecule has 0 saturated carbocycles. The van der Waals surface area contributed by atoms with E-state index in [1.54, 1.807) is 4.31 Å². The molecule has 0 aromatic heterocycles. The fourth-order valence-corrected chi connectivity index (χ4v) is 4.27. The Bertz CT molecular complexity index is 605. The summed E-state index contributed by atoms with van der Waals surface area (Å²) in [4.78, 5) is 12.9. The SMILES string of the molecule is COC(=O)N1CC2=C(S1)C(Br)COc1ccc(Br)cc12. The molecule has 1 atom stereocenters. The van der Waals surface area contributed by atoms with Gasteiger partial charge >= 0.3 is 6.09 Å². The molecule has 2 heterocycles. The minimum atomic E-state index is -0.333. The molecule has 4 nitrogen and oxygen atoms in total. The maximum absolute atomic E-state index is 11.7. The van der Waals surface area contributed by atoms with Gasteiger partial charge in [-0.25, -0.2) is 9.10 Å². The normalized spacial score (nSPS) is 20.9. The number of carbonyl (C=O) groups excluding carboxylic acids is 1. The smallest absolute Gasteiger partial charge is 0.420 e. The zero-order chi connectivity index (χ0) is 14.3. The van der Waals surface area contributed by atoms with Gasteiger partial charge in [-0.1, -0.05) is 31.9 Å². The predicted molar refractivity (Wildman–Crippen MR) is 86.0 cm³/mol. The van der Waals surface area contributed by atoms with Crippen molar-refractivity contribution in [1.82, 2.24) is 4.31 Å². The largest absolute Gasteiger partial charge is 0.491 e. The molecule has 0 fully saturated rings. The molecule has 106 valence electrons. The topological polar surface area (TPSA) is 38.8 Å². The van der Waals surface area contributed by atoms with Crippen LogP contribution >= 0.6 is 43.8 Å². The van der Waals surface area contributed by atoms with Crippen molar-refractivity contribution >= 4 is 55.5 Å². The lowest BCUT2D eigenvalue weighted by atomic mass is 10.0. The van der Waals surface area contributed by atoms with Crippen LogP contribution in [-0.2, 0) is 4.74 Å². The lowest BCUT2D eigenvalue weighted by molar-refractivity contribution is 0.155. The third-order valence-electron chi connectivity index (χ3n) is 3.12. The Morgan fingerprint density at radius 2 is 2.35 bits per heavy atom. The molecule has 0 aliphatic carbocycles. The molecule has 0 spiro atoms. The number of halogens is 2. The molecule has 1 amide bonds. The Hall–Kier alpha value is -0.660. The number of fused-ring (bicyclic) bond motifs is 2. The van der Waals surface area contributed by atoms with E-state index in [1.165, 1.54) is 19.1 Å². The number of carbonyl (C=O) groups is 1. The molecule has 1 aromatic rings. The zero-order valence-corrected chi connectivity index (χ0v) is 14.5. The first-order valence-corrected chi connectivity index (χ1v) is 8.41. The van der Waals surface area contributed by atoms with Crippen LogP contribution in [0.5, 0.6) is 5.75 Å². The first kappa shape index (κ1) is 14.3. The molecule has 20 heavy (non-hydrogen) atoms. The van der Waals surface area contributed by atoms with E-state index >= 15 is 0 Å². The molecule has 0 saturated heterocycles. The molecule has 7 heteroatoms. The predicted octanol–water partition coefficient (Wildman–Crippen LogP) is 4.05. The summed E-state index contributed by atoms with van der Waals surface area (Å²) >= 11 is 8.53. The quantitative estimate of drug-likeness (QED) is 0.468. The van der Waals surface area contributed by atoms with E-state index in [-0.39, 0.29) is 10.9 Å². The third kappa shape index (κ3) is 2.46. The van der Waals surface area contributed by atoms with Gasteiger partial charge in [0, 0.05) is 14.9 Å². The van der Waals surface area contributed by atoms with Gasteiger partial charge in [-0.3, -0.25) is 0 Å². The maximum atomic E-state index is 11.7. The highest BCUT2D eigenvalue weighted by atomic mass is 79.9. The molecule has 0 radical (unpaired) electrons. The first-order chi connectivity index (χ1) is 9.60. The van der Waals surface area contributed by atoms with Gasteiger partial charge in [-0.05, 0) is 35.7 Å². The van der Waals surface area contributed by atoms with Crippen LogP contribution in [0.3, 0.4) is 0 Å². The first-order valence-electron chi connectivity index (χ1n) is 5.93. The van der Waals surface area contributed by atoms with Crippen LogP contribution in [0, 0.1) is 0 Å². The summed E-state index contributed by atoms with van der Waals surface area (Å²) in [6, 6.07) is 5.92. The van der Waals surface area contributed by atoms with Crippen molar-refractivity contribution in [2.75, 3.05) is 20.3 Å². The molecule has 1 aromatic carbocycles. The van der Waals surface area contributed by atoms with E-state index in [1.807, 2.05) is 18.2 Å². The minimum absolute atomic E-state index is 0.0725. The van der Waals surface area contributed by atoms with E-state index in [0.29, 0.717) is 13.2 Å². The monoisotopic (exact) mass is 419 g/mol. The lowest BCUT2D eigenvalue weighted by Crippen LogP contribution is -2.23. The van der Waals surface area contributed by atoms with E-state index in [4.69, 9.17) is 9.47 Å². The van der Waals surface area contributed by atoms with Gasteiger partial charge in [0.2, 0.25) is 0 Å². The van der Waals surface area contributed by atoms with Crippen LogP contribution in [0.4, 0.5) is 4.79 Å². The number of hydrogen-bond acceptors (Lipinski definition) is 4. The third-order valence-corrected chi connectivity index (χ3v) is 5.87. The second-order valence-electron chi connectivity index (χ2n) is 4.36. The number of methoxy groups -OCH3 is 1. The van der Waals surface area contributed by atoms with Gasteiger partial charge in [-0.15, -0.1) is 0 Å². The minimum Gasteiger partial charge on any atom is -0.491 e. The van der Waals surface area contributed by atoms with Crippen molar-refractivity contribution in [2.24, 2.45) is 0 Å². The molecule has 0 bridgehead atoms. The standard InChI is InChI=1S/C13H11Br2NO3S/c1-18-13(17)16-5-9-8-4-7(14)2-3-11(8)19-6-10(15)12(9)20-16/h2-4,10H,5-6H2,1H3. The molecule has 2 aliphatic heterocycles. The number of benzene rings is 1. The highest BCUT2D eigenvalue weighted by molar-refractivity contribution is 9.10. The summed E-state index contributed by atoms with van der Waals surface area (Å²) in [5.41, 5.74) is 2.13. The number of ether oxygens (including phenoxy) is 2. The average molecular weight is 421 g/mol. The van der Waals surface area contributed by atoms with E-state index in [2.05, 4.69) is 31.9 Å². The fourth-order valence-electron chi connectivity index (χ4n) is 2.20. The maximum Gasteiger partial charge on any atom is 0.420 e. The Balaban J connectivity index is 2.03. The Labute approximate surface area is 137 Å². The Morgan fingerprint density at radius 3 is 3.10 bits per heavy atom. The Morgan fingerprint density at radius 1 is 1.55 bits per heavy atom. The van der Waals surface area contributed by atoms with Gasteiger partial charge in [-0.2, -0.15) is 0 Å². The van der Waals surface area contributed by atoms with Gasteiger partial charge in [0.25, 0.3) is 0 Å². The molecule has 1 unspecified atom stereocenters. The summed E-state index contributed by atoms with van der Waals surface area (Å²) in [5, 5.41) is 0. The van der Waals surface area contributed by atoms with Gasteiger partial charge in [0.1, 0.15) is 12.4 Å². The lowest BCUT2D eigenvalue weighted by Gasteiger charge is -2.16. The van der Waals surface area contributed by atoms with Crippen molar-refractivity contribution in [3.63, 3.8) is 0 Å². The van der Waals surface area contributed by atoms with Gasteiger partial charge in [0.15, 0.2) is 0 Å². The van der Waals surface area contributed by atoms with Crippen LogP contribution in [-0.4, -0.2) is 35.5 Å². The fraction of sp³-hybridized carbons (Fsp3) is 0.308. The average Bonchev–Trinajstić information content (AvgIpc) is 2.85. The molecular formula is C13H11Br2NO3S. The van der Waals surface area contributed by atoms with Gasteiger partial charge < -0.3 is 9.47 Å². The van der Waals surface area contributed by atoms with Crippen molar-refractivity contribution in [1.29, 1.82) is 0 Å². The molecular weight excluding hydrogens is 410 g/mol. The highest BCUT2D eigenvalue weighted by Crippen LogP contribution is 2.47. The van der Waals surface area contributed by atoms with Crippen molar-refractivity contribution in [2.45, 2.75) is 4.83 Å². The van der Waals surface area contributed by atoms with Crippen LogP contribution < -0.4 is 4.74 Å². The van der Waals surface area contributed by atoms with Crippen LogP contribution in [0.15, 0.2) is 27.6 Å². The summed E-state index contributed by atoms with van der Waals surface area (Å²) in [5.74, 6) is 0.843. The number of rotatable bonds is 0. The van der Waals surface area contributed by atoms with E-state index < -0.39 is 0 Å². The number of nitrogens with zero attached hydrogens (tertiary/aromatic N) is 1. The summed E-state index contributed by atoms with van der Waals surface area (Å²) in [6.07, 6.45) is -0.333. The van der Waals surface area contributed by atoms with E-state index in [0.717, 1.165) is 26.3 Å². The Kier molecular flexibility index (Phi) is 4.01. The van der Waals surface area contributed by atoms with Crippen molar-refractivity contribution < 1.29 is 14.3 Å². The van der Waals surface area contributed by atoms with Crippen LogP contribution in [0.1, 0.15) is 5.56 Å². The molecule has 3 rings (SSSR count). The summed E-state index contributed by atoms with van der Waals surface area (Å²) in [7, 11) is 1.39. The van der Waals surface area contributed by atoms with Crippen molar-refractivity contribution in [3.05, 3.63) is 33.1 Å². The van der Waals surface area contributed by atoms with E-state index in [9.17, 15) is 4.79 Å². The van der Waals surface area contributed by atoms with Gasteiger partial charge in [0.05, 0.1) is 18.5 Å². The summed E-state index contributed by atoms with van der Waals surface area (Å²) < 4.78 is 13.2. The second kappa shape index (κ2) is 5.61. The van der Waals surface area contributed by atoms with Crippen molar-refractivity contribution in [3.8, 4) is 5.75 Å². The summed E-state index contributed by atoms with van der Waals surface area (Å²) in [6.45, 7) is 1.05. The second-order valence-corrected chi connectivity index (χ2v) is 7.44. The number of amides is 1. The van der Waals surface area contributed by atoms with Crippen LogP contribution in [0.2, 0.25) is 0 Å². The molecule has 0 N–H and O–H groups in total. The van der Waals surface area contributed by atoms with Crippen LogP contribution in [0.25, 0.3) is 5.57 Å². The zero-order valence-electron chi connectivity index (χ0n) is 10.6. The number of alkyl halides is 1.